The molecule has 1 aliphatic carbocycles. The molecule has 2 atom stereocenters. The number of hydrogen-bond donors (Lipinski definition) is 0. The van der Waals surface area contributed by atoms with Gasteiger partial charge in [-0.05, 0) is 58.9 Å². The van der Waals surface area contributed by atoms with Crippen molar-refractivity contribution < 1.29 is 0 Å². The largest absolute Gasteiger partial charge is 0.192 e. The maximum atomic E-state index is 9.86. The number of rotatable bonds is 3. The van der Waals surface area contributed by atoms with Gasteiger partial charge in [-0.15, -0.1) is 0 Å². The van der Waals surface area contributed by atoms with Crippen molar-refractivity contribution in [3.8, 4) is 6.07 Å². The van der Waals surface area contributed by atoms with E-state index in [1.54, 1.807) is 0 Å². The molecular weight excluding hydrogens is 338 g/mol. The molecule has 2 aromatic carbocycles. The van der Waals surface area contributed by atoms with Crippen molar-refractivity contribution in [3.05, 3.63) is 105 Å². The third-order valence-electron chi connectivity index (χ3n) is 5.43. The van der Waals surface area contributed by atoms with Gasteiger partial charge in [-0.25, -0.2) is 0 Å². The maximum absolute atomic E-state index is 9.86. The molecule has 0 saturated carbocycles. The molecule has 0 fully saturated rings. The summed E-state index contributed by atoms with van der Waals surface area (Å²) in [6, 6.07) is 12.7. The van der Waals surface area contributed by atoms with Crippen molar-refractivity contribution in [1.82, 2.24) is 0 Å². The Labute approximate surface area is 160 Å². The third-order valence-corrected chi connectivity index (χ3v) is 5.93. The highest BCUT2D eigenvalue weighted by Crippen LogP contribution is 2.51. The number of fused-ring (bicyclic) bond motifs is 2. The zero-order chi connectivity index (χ0) is 19.0. The first-order chi connectivity index (χ1) is 12.5. The quantitative estimate of drug-likeness (QED) is 0.552. The molecule has 130 valence electrons. The van der Waals surface area contributed by atoms with Gasteiger partial charge in [0, 0.05) is 16.9 Å². The van der Waals surface area contributed by atoms with Crippen LogP contribution in [0.1, 0.15) is 59.1 Å². The molecule has 0 N–H and O–H groups in total. The molecule has 0 amide bonds. The molecule has 0 aromatic heterocycles. The van der Waals surface area contributed by atoms with Crippen LogP contribution in [0, 0.1) is 18.3 Å². The van der Waals surface area contributed by atoms with Crippen LogP contribution in [0.4, 0.5) is 0 Å². The third kappa shape index (κ3) is 2.62. The minimum absolute atomic E-state index is 0.0688. The highest BCUT2D eigenvalue weighted by molar-refractivity contribution is 6.32. The summed E-state index contributed by atoms with van der Waals surface area (Å²) in [6.07, 6.45) is 3.73. The van der Waals surface area contributed by atoms with E-state index in [9.17, 15) is 5.26 Å². The number of allylic oxidation sites excluding steroid dienone is 4. The number of hydrogen-bond acceptors (Lipinski definition) is 1. The summed E-state index contributed by atoms with van der Waals surface area (Å²) in [6.45, 7) is 14.1. The standard InChI is InChI=1S/C24H22ClN/c1-6-14(3)18(7-2)23-20-11-9-8-10-19(20)16(5)21-22(23)17(13-26)12-15(4)24(21)25/h6-12,16,23H,1-2H2,3-5H3/b18-14+. The van der Waals surface area contributed by atoms with Gasteiger partial charge in [-0.2, -0.15) is 5.26 Å². The topological polar surface area (TPSA) is 23.8 Å². The van der Waals surface area contributed by atoms with Gasteiger partial charge in [0.2, 0.25) is 0 Å². The minimum Gasteiger partial charge on any atom is -0.192 e. The van der Waals surface area contributed by atoms with Gasteiger partial charge in [0.1, 0.15) is 0 Å². The molecule has 0 bridgehead atoms. The lowest BCUT2D eigenvalue weighted by Gasteiger charge is -2.35. The zero-order valence-electron chi connectivity index (χ0n) is 15.4. The SMILES string of the molecule is C=C/C(C)=C(\C=C)C1c2ccccc2C(C)c2c(Cl)c(C)cc(C#N)c21. The monoisotopic (exact) mass is 359 g/mol. The molecule has 1 aliphatic rings. The van der Waals surface area contributed by atoms with Crippen LogP contribution >= 0.6 is 11.6 Å². The summed E-state index contributed by atoms with van der Waals surface area (Å²) in [4.78, 5) is 0. The number of nitrogens with zero attached hydrogens (tertiary/aromatic N) is 1. The van der Waals surface area contributed by atoms with Gasteiger partial charge >= 0.3 is 0 Å². The molecule has 2 unspecified atom stereocenters. The molecule has 0 saturated heterocycles. The van der Waals surface area contributed by atoms with E-state index in [-0.39, 0.29) is 11.8 Å². The minimum atomic E-state index is -0.0688. The van der Waals surface area contributed by atoms with Crippen LogP contribution < -0.4 is 0 Å². The Morgan fingerprint density at radius 3 is 2.38 bits per heavy atom. The van der Waals surface area contributed by atoms with Crippen LogP contribution in [0.15, 0.2) is 66.8 Å². The van der Waals surface area contributed by atoms with Crippen molar-refractivity contribution in [1.29, 1.82) is 5.26 Å². The lowest BCUT2D eigenvalue weighted by atomic mass is 9.68. The number of aryl methyl sites for hydroxylation is 1. The summed E-state index contributed by atoms with van der Waals surface area (Å²) in [7, 11) is 0. The van der Waals surface area contributed by atoms with E-state index in [0.717, 1.165) is 32.9 Å². The average molecular weight is 360 g/mol. The Morgan fingerprint density at radius 2 is 1.81 bits per heavy atom. The highest BCUT2D eigenvalue weighted by Gasteiger charge is 2.35. The van der Waals surface area contributed by atoms with Gasteiger partial charge in [0.15, 0.2) is 0 Å². The summed E-state index contributed by atoms with van der Waals surface area (Å²) >= 11 is 6.76. The van der Waals surface area contributed by atoms with Gasteiger partial charge in [-0.3, -0.25) is 0 Å². The molecule has 0 aliphatic heterocycles. The van der Waals surface area contributed by atoms with Gasteiger partial charge in [-0.1, -0.05) is 68.1 Å². The fourth-order valence-electron chi connectivity index (χ4n) is 4.09. The zero-order valence-corrected chi connectivity index (χ0v) is 16.2. The van der Waals surface area contributed by atoms with Crippen LogP contribution in [0.25, 0.3) is 0 Å². The maximum Gasteiger partial charge on any atom is 0.0995 e. The second kappa shape index (κ2) is 6.98. The fraction of sp³-hybridized carbons (Fsp3) is 0.208. The Kier molecular flexibility index (Phi) is 4.90. The second-order valence-electron chi connectivity index (χ2n) is 6.82. The predicted molar refractivity (Wildman–Crippen MR) is 110 cm³/mol. The van der Waals surface area contributed by atoms with Crippen LogP contribution in [0.2, 0.25) is 5.02 Å². The average Bonchev–Trinajstić information content (AvgIpc) is 2.66. The molecule has 0 radical (unpaired) electrons. The van der Waals surface area contributed by atoms with Crippen LogP contribution in [-0.2, 0) is 0 Å². The van der Waals surface area contributed by atoms with Gasteiger partial charge in [0.05, 0.1) is 11.6 Å². The molecular formula is C24H22ClN. The molecule has 3 rings (SSSR count). The van der Waals surface area contributed by atoms with Crippen LogP contribution in [0.5, 0.6) is 0 Å². The van der Waals surface area contributed by atoms with Crippen molar-refractivity contribution in [2.75, 3.05) is 0 Å². The summed E-state index contributed by atoms with van der Waals surface area (Å²) in [5.41, 5.74) is 8.27. The normalized spacial score (nSPS) is 18.9. The van der Waals surface area contributed by atoms with E-state index in [0.29, 0.717) is 5.56 Å². The summed E-state index contributed by atoms with van der Waals surface area (Å²) in [5.74, 6) is 0.0627. The highest BCUT2D eigenvalue weighted by atomic mass is 35.5. The fourth-order valence-corrected chi connectivity index (χ4v) is 4.41. The predicted octanol–water partition coefficient (Wildman–Crippen LogP) is 6.81. The second-order valence-corrected chi connectivity index (χ2v) is 7.20. The molecule has 1 nitrogen and oxygen atoms in total. The van der Waals surface area contributed by atoms with Crippen LogP contribution in [0.3, 0.4) is 0 Å². The number of nitriles is 1. The van der Waals surface area contributed by atoms with Gasteiger partial charge in [0.25, 0.3) is 0 Å². The number of halogens is 1. The van der Waals surface area contributed by atoms with E-state index in [1.807, 2.05) is 32.1 Å². The van der Waals surface area contributed by atoms with Crippen LogP contribution in [-0.4, -0.2) is 0 Å². The first kappa shape index (κ1) is 18.2. The van der Waals surface area contributed by atoms with E-state index in [4.69, 9.17) is 11.6 Å². The first-order valence-corrected chi connectivity index (χ1v) is 9.11. The lowest BCUT2D eigenvalue weighted by Crippen LogP contribution is -2.21. The molecule has 0 spiro atoms. The van der Waals surface area contributed by atoms with Crippen molar-refractivity contribution >= 4 is 11.6 Å². The van der Waals surface area contributed by atoms with E-state index in [1.165, 1.54) is 11.1 Å². The van der Waals surface area contributed by atoms with Crippen molar-refractivity contribution in [2.24, 2.45) is 0 Å². The lowest BCUT2D eigenvalue weighted by molar-refractivity contribution is 0.787. The molecule has 0 heterocycles. The first-order valence-electron chi connectivity index (χ1n) is 8.73. The molecule has 26 heavy (non-hydrogen) atoms. The van der Waals surface area contributed by atoms with Crippen molar-refractivity contribution in [2.45, 2.75) is 32.6 Å². The van der Waals surface area contributed by atoms with Gasteiger partial charge < -0.3 is 0 Å². The molecule has 2 heteroatoms. The van der Waals surface area contributed by atoms with E-state index >= 15 is 0 Å². The van der Waals surface area contributed by atoms with Crippen molar-refractivity contribution in [3.63, 3.8) is 0 Å². The van der Waals surface area contributed by atoms with E-state index in [2.05, 4.69) is 50.4 Å². The molecule has 2 aromatic rings. The summed E-state index contributed by atoms with van der Waals surface area (Å²) in [5, 5.41) is 10.6. The smallest absolute Gasteiger partial charge is 0.0995 e. The summed E-state index contributed by atoms with van der Waals surface area (Å²) < 4.78 is 0. The Bertz CT molecular complexity index is 988. The Hall–Kier alpha value is -2.56. The van der Waals surface area contributed by atoms with E-state index < -0.39 is 0 Å². The number of benzene rings is 2. The Morgan fingerprint density at radius 1 is 1.15 bits per heavy atom. The Balaban J connectivity index is 2.50.